The Morgan fingerprint density at radius 3 is 2.58 bits per heavy atom. The number of likely N-dealkylation sites (tertiary alicyclic amines) is 1. The number of nitrogens with one attached hydrogen (secondary N) is 1. The summed E-state index contributed by atoms with van der Waals surface area (Å²) in [5.74, 6) is 0.377. The standard InChI is InChI=1S/C20H22N4OS/c21-19(25)16-4-3-5-17-18(16)23-20(22-17)26-13-15-8-6-14(7-9-15)12-24-10-1-2-11-24/h3-9H,1-2,10-13H2,(H2,21,25)(H,22,23). The number of imidazole rings is 1. The molecule has 3 N–H and O–H groups in total. The van der Waals surface area contributed by atoms with Gasteiger partial charge < -0.3 is 10.7 Å². The van der Waals surface area contributed by atoms with Gasteiger partial charge >= 0.3 is 0 Å². The minimum Gasteiger partial charge on any atom is -0.366 e. The fourth-order valence-electron chi connectivity index (χ4n) is 3.37. The predicted octanol–water partition coefficient (Wildman–Crippen LogP) is 3.55. The average molecular weight is 366 g/mol. The van der Waals surface area contributed by atoms with Crippen molar-refractivity contribution in [3.63, 3.8) is 0 Å². The Labute approximate surface area is 157 Å². The van der Waals surface area contributed by atoms with Gasteiger partial charge in [-0.1, -0.05) is 42.1 Å². The van der Waals surface area contributed by atoms with E-state index in [4.69, 9.17) is 5.73 Å². The van der Waals surface area contributed by atoms with Gasteiger partial charge in [0.25, 0.3) is 5.91 Å². The molecule has 0 saturated carbocycles. The van der Waals surface area contributed by atoms with Crippen LogP contribution in [0.2, 0.25) is 0 Å². The molecular weight excluding hydrogens is 344 g/mol. The van der Waals surface area contributed by atoms with Crippen LogP contribution in [0.1, 0.15) is 34.3 Å². The monoisotopic (exact) mass is 366 g/mol. The molecule has 1 aliphatic heterocycles. The number of primary amides is 1. The number of carbonyl (C=O) groups is 1. The van der Waals surface area contributed by atoms with E-state index in [1.165, 1.54) is 37.1 Å². The smallest absolute Gasteiger partial charge is 0.250 e. The van der Waals surface area contributed by atoms with Crippen LogP contribution in [0.25, 0.3) is 11.0 Å². The third-order valence-corrected chi connectivity index (χ3v) is 5.70. The predicted molar refractivity (Wildman–Crippen MR) is 105 cm³/mol. The number of carbonyl (C=O) groups excluding carboxylic acids is 1. The van der Waals surface area contributed by atoms with Crippen molar-refractivity contribution in [2.75, 3.05) is 13.1 Å². The van der Waals surface area contributed by atoms with Gasteiger partial charge in [0.2, 0.25) is 0 Å². The Bertz CT molecular complexity index is 913. The van der Waals surface area contributed by atoms with Crippen molar-refractivity contribution in [3.8, 4) is 0 Å². The van der Waals surface area contributed by atoms with Crippen LogP contribution in [0.15, 0.2) is 47.6 Å². The lowest BCUT2D eigenvalue weighted by Gasteiger charge is -2.14. The number of amides is 1. The van der Waals surface area contributed by atoms with Gasteiger partial charge in [-0.25, -0.2) is 4.98 Å². The minimum absolute atomic E-state index is 0.452. The molecule has 5 nitrogen and oxygen atoms in total. The van der Waals surface area contributed by atoms with Crippen molar-refractivity contribution in [2.45, 2.75) is 30.3 Å². The van der Waals surface area contributed by atoms with Crippen molar-refractivity contribution < 1.29 is 4.79 Å². The number of rotatable bonds is 6. The van der Waals surface area contributed by atoms with Crippen LogP contribution in [0.5, 0.6) is 0 Å². The highest BCUT2D eigenvalue weighted by atomic mass is 32.2. The fraction of sp³-hybridized carbons (Fsp3) is 0.300. The molecule has 0 atom stereocenters. The molecule has 6 heteroatoms. The SMILES string of the molecule is NC(=O)c1cccc2[nH]c(SCc3ccc(CN4CCCC4)cc3)nc12. The molecule has 0 bridgehead atoms. The Hall–Kier alpha value is -2.31. The molecule has 4 rings (SSSR count). The molecule has 1 amide bonds. The Morgan fingerprint density at radius 2 is 1.85 bits per heavy atom. The zero-order chi connectivity index (χ0) is 17.9. The topological polar surface area (TPSA) is 75.0 Å². The molecular formula is C20H22N4OS. The third-order valence-electron chi connectivity index (χ3n) is 4.76. The number of para-hydroxylation sites is 1. The lowest BCUT2D eigenvalue weighted by atomic mass is 10.1. The summed E-state index contributed by atoms with van der Waals surface area (Å²) in [7, 11) is 0. The first kappa shape index (κ1) is 17.1. The summed E-state index contributed by atoms with van der Waals surface area (Å²) in [5, 5.41) is 0.801. The quantitative estimate of drug-likeness (QED) is 0.654. The molecule has 26 heavy (non-hydrogen) atoms. The highest BCUT2D eigenvalue weighted by Gasteiger charge is 2.13. The van der Waals surface area contributed by atoms with Crippen LogP contribution in [-0.2, 0) is 12.3 Å². The Kier molecular flexibility index (Phi) is 4.95. The van der Waals surface area contributed by atoms with Crippen molar-refractivity contribution >= 4 is 28.7 Å². The molecule has 1 saturated heterocycles. The number of thioether (sulfide) groups is 1. The van der Waals surface area contributed by atoms with E-state index in [0.29, 0.717) is 11.1 Å². The molecule has 134 valence electrons. The summed E-state index contributed by atoms with van der Waals surface area (Å²) in [6.07, 6.45) is 2.65. The summed E-state index contributed by atoms with van der Waals surface area (Å²) in [6, 6.07) is 14.3. The minimum atomic E-state index is -0.452. The molecule has 1 aliphatic rings. The normalized spacial score (nSPS) is 14.9. The van der Waals surface area contributed by atoms with Crippen LogP contribution in [0.3, 0.4) is 0 Å². The number of fused-ring (bicyclic) bond motifs is 1. The summed E-state index contributed by atoms with van der Waals surface area (Å²) in [5.41, 5.74) is 9.99. The summed E-state index contributed by atoms with van der Waals surface area (Å²) >= 11 is 1.63. The van der Waals surface area contributed by atoms with Gasteiger partial charge in [0.05, 0.1) is 11.1 Å². The zero-order valence-electron chi connectivity index (χ0n) is 14.6. The zero-order valence-corrected chi connectivity index (χ0v) is 15.4. The fourth-order valence-corrected chi connectivity index (χ4v) is 4.20. The molecule has 0 spiro atoms. The van der Waals surface area contributed by atoms with E-state index in [1.54, 1.807) is 17.8 Å². The van der Waals surface area contributed by atoms with Gasteiger partial charge in [0.15, 0.2) is 5.16 Å². The molecule has 2 aromatic carbocycles. The first-order chi connectivity index (χ1) is 12.7. The van der Waals surface area contributed by atoms with E-state index in [-0.39, 0.29) is 0 Å². The number of H-pyrrole nitrogens is 1. The molecule has 0 unspecified atom stereocenters. The van der Waals surface area contributed by atoms with E-state index < -0.39 is 5.91 Å². The van der Waals surface area contributed by atoms with Gasteiger partial charge in [0.1, 0.15) is 5.52 Å². The lowest BCUT2D eigenvalue weighted by molar-refractivity contribution is 0.100. The lowest BCUT2D eigenvalue weighted by Crippen LogP contribution is -2.18. The first-order valence-electron chi connectivity index (χ1n) is 8.90. The van der Waals surface area contributed by atoms with E-state index in [0.717, 1.165) is 23.0 Å². The number of hydrogen-bond acceptors (Lipinski definition) is 4. The van der Waals surface area contributed by atoms with Gasteiger partial charge in [-0.2, -0.15) is 0 Å². The van der Waals surface area contributed by atoms with Gasteiger partial charge in [-0.15, -0.1) is 0 Å². The molecule has 1 aromatic heterocycles. The number of nitrogens with zero attached hydrogens (tertiary/aromatic N) is 2. The molecule has 3 aromatic rings. The molecule has 1 fully saturated rings. The molecule has 2 heterocycles. The molecule has 0 radical (unpaired) electrons. The van der Waals surface area contributed by atoms with Crippen LogP contribution in [-0.4, -0.2) is 33.9 Å². The number of benzene rings is 2. The highest BCUT2D eigenvalue weighted by Crippen LogP contribution is 2.25. The van der Waals surface area contributed by atoms with Crippen LogP contribution in [0.4, 0.5) is 0 Å². The molecule has 0 aliphatic carbocycles. The van der Waals surface area contributed by atoms with E-state index in [9.17, 15) is 4.79 Å². The van der Waals surface area contributed by atoms with Crippen LogP contribution < -0.4 is 5.73 Å². The van der Waals surface area contributed by atoms with Crippen molar-refractivity contribution in [1.82, 2.24) is 14.9 Å². The Balaban J connectivity index is 1.41. The second-order valence-corrected chi connectivity index (χ2v) is 7.66. The number of nitrogens with two attached hydrogens (primary N) is 1. The maximum absolute atomic E-state index is 11.5. The maximum Gasteiger partial charge on any atom is 0.250 e. The number of aromatic amines is 1. The van der Waals surface area contributed by atoms with Crippen molar-refractivity contribution in [2.24, 2.45) is 5.73 Å². The summed E-state index contributed by atoms with van der Waals surface area (Å²) in [6.45, 7) is 3.49. The van der Waals surface area contributed by atoms with Gasteiger partial charge in [0, 0.05) is 12.3 Å². The summed E-state index contributed by atoms with van der Waals surface area (Å²) < 4.78 is 0. The summed E-state index contributed by atoms with van der Waals surface area (Å²) in [4.78, 5) is 21.8. The van der Waals surface area contributed by atoms with E-state index >= 15 is 0 Å². The van der Waals surface area contributed by atoms with Crippen LogP contribution in [0, 0.1) is 0 Å². The largest absolute Gasteiger partial charge is 0.366 e. The second kappa shape index (κ2) is 7.51. The number of hydrogen-bond donors (Lipinski definition) is 2. The maximum atomic E-state index is 11.5. The van der Waals surface area contributed by atoms with E-state index in [2.05, 4.69) is 39.1 Å². The second-order valence-electron chi connectivity index (χ2n) is 6.70. The Morgan fingerprint density at radius 1 is 1.12 bits per heavy atom. The van der Waals surface area contributed by atoms with E-state index in [1.807, 2.05) is 12.1 Å². The van der Waals surface area contributed by atoms with Crippen molar-refractivity contribution in [1.29, 1.82) is 0 Å². The van der Waals surface area contributed by atoms with Crippen molar-refractivity contribution in [3.05, 3.63) is 59.2 Å². The van der Waals surface area contributed by atoms with Gasteiger partial charge in [-0.3, -0.25) is 9.69 Å². The van der Waals surface area contributed by atoms with Gasteiger partial charge in [-0.05, 0) is 49.2 Å². The highest BCUT2D eigenvalue weighted by molar-refractivity contribution is 7.98. The first-order valence-corrected chi connectivity index (χ1v) is 9.89. The van der Waals surface area contributed by atoms with Crippen LogP contribution >= 0.6 is 11.8 Å². The average Bonchev–Trinajstić information content (AvgIpc) is 3.29. The third kappa shape index (κ3) is 3.76. The number of aromatic nitrogens is 2.